The molecule has 0 fully saturated rings. The molecule has 0 saturated carbocycles. The Kier molecular flexibility index (Phi) is 5.44. The summed E-state index contributed by atoms with van der Waals surface area (Å²) in [5.41, 5.74) is 0.378. The monoisotopic (exact) mass is 407 g/mol. The van der Waals surface area contributed by atoms with Crippen molar-refractivity contribution in [2.75, 3.05) is 6.61 Å². The number of hydrogen-bond acceptors (Lipinski definition) is 4. The van der Waals surface area contributed by atoms with Crippen molar-refractivity contribution in [2.45, 2.75) is 19.6 Å². The number of carbonyl (C=O) groups is 1. The lowest BCUT2D eigenvalue weighted by Crippen LogP contribution is -2.24. The number of benzene rings is 2. The maximum absolute atomic E-state index is 12.7. The second-order valence-corrected chi connectivity index (χ2v) is 6.27. The quantitative estimate of drug-likeness (QED) is 0.679. The van der Waals surface area contributed by atoms with E-state index < -0.39 is 30.0 Å². The Morgan fingerprint density at radius 1 is 1.17 bits per heavy atom. The first-order valence-corrected chi connectivity index (χ1v) is 8.41. The Morgan fingerprint density at radius 3 is 2.45 bits per heavy atom. The Hall–Kier alpha value is -3.56. The zero-order valence-electron chi connectivity index (χ0n) is 15.2. The molecule has 10 heteroatoms. The lowest BCUT2D eigenvalue weighted by atomic mass is 10.1. The molecule has 0 aliphatic rings. The maximum atomic E-state index is 12.7. The smallest absolute Gasteiger partial charge is 0.416 e. The van der Waals surface area contributed by atoms with Gasteiger partial charge in [0, 0.05) is 0 Å². The summed E-state index contributed by atoms with van der Waals surface area (Å²) in [7, 11) is 0. The van der Waals surface area contributed by atoms with Crippen molar-refractivity contribution in [3.8, 4) is 11.4 Å². The van der Waals surface area contributed by atoms with Crippen LogP contribution >= 0.6 is 0 Å². The van der Waals surface area contributed by atoms with Gasteiger partial charge in [-0.2, -0.15) is 18.3 Å². The van der Waals surface area contributed by atoms with Gasteiger partial charge in [0.05, 0.1) is 17.8 Å². The highest BCUT2D eigenvalue weighted by Gasteiger charge is 2.30. The molecule has 3 rings (SSSR count). The summed E-state index contributed by atoms with van der Waals surface area (Å²) in [6.07, 6.45) is -3.21. The fourth-order valence-corrected chi connectivity index (χ4v) is 2.72. The molecule has 1 heterocycles. The average molecular weight is 407 g/mol. The molecule has 0 radical (unpaired) electrons. The minimum absolute atomic E-state index is 0.131. The van der Waals surface area contributed by atoms with Crippen LogP contribution in [-0.2, 0) is 17.5 Å². The van der Waals surface area contributed by atoms with E-state index in [0.717, 1.165) is 22.3 Å². The van der Waals surface area contributed by atoms with Crippen molar-refractivity contribution in [1.29, 1.82) is 0 Å². The van der Waals surface area contributed by atoms with E-state index in [-0.39, 0.29) is 12.2 Å². The van der Waals surface area contributed by atoms with Crippen molar-refractivity contribution < 1.29 is 27.8 Å². The number of ether oxygens (including phenoxy) is 1. The summed E-state index contributed by atoms with van der Waals surface area (Å²) in [6.45, 7) is 1.41. The molecule has 1 aromatic heterocycles. The number of aliphatic carboxylic acids is 1. The molecule has 2 aromatic carbocycles. The van der Waals surface area contributed by atoms with Gasteiger partial charge >= 0.3 is 17.8 Å². The second-order valence-electron chi connectivity index (χ2n) is 6.27. The van der Waals surface area contributed by atoms with Crippen molar-refractivity contribution in [3.05, 3.63) is 76.0 Å². The van der Waals surface area contributed by atoms with Gasteiger partial charge in [-0.1, -0.05) is 12.1 Å². The minimum Gasteiger partial charge on any atom is -0.482 e. The molecular weight excluding hydrogens is 391 g/mol. The largest absolute Gasteiger partial charge is 0.482 e. The van der Waals surface area contributed by atoms with Crippen molar-refractivity contribution in [1.82, 2.24) is 14.3 Å². The summed E-state index contributed by atoms with van der Waals surface area (Å²) in [6, 6.07) is 9.22. The zero-order chi connectivity index (χ0) is 21.2. The number of halogens is 3. The van der Waals surface area contributed by atoms with Crippen LogP contribution in [0.1, 0.15) is 16.7 Å². The molecule has 0 atom stereocenters. The molecule has 152 valence electrons. The predicted molar refractivity (Wildman–Crippen MR) is 96.2 cm³/mol. The highest BCUT2D eigenvalue weighted by Crippen LogP contribution is 2.29. The van der Waals surface area contributed by atoms with Crippen LogP contribution in [-0.4, -0.2) is 32.0 Å². The highest BCUT2D eigenvalue weighted by molar-refractivity contribution is 5.68. The Bertz CT molecular complexity index is 1090. The number of nitrogens with zero attached hydrogens (tertiary/aromatic N) is 3. The van der Waals surface area contributed by atoms with Gasteiger partial charge < -0.3 is 9.84 Å². The van der Waals surface area contributed by atoms with E-state index in [1.165, 1.54) is 23.1 Å². The van der Waals surface area contributed by atoms with E-state index in [2.05, 4.69) is 5.10 Å². The second kappa shape index (κ2) is 7.82. The van der Waals surface area contributed by atoms with Crippen molar-refractivity contribution in [3.63, 3.8) is 0 Å². The number of hydrogen-bond donors (Lipinski definition) is 1. The SMILES string of the molecule is Cc1cc(Cn2ncn(-c3ccc(C(F)(F)F)cc3)c2=O)ccc1OCC(=O)O. The zero-order valence-corrected chi connectivity index (χ0v) is 15.2. The maximum Gasteiger partial charge on any atom is 0.416 e. The van der Waals surface area contributed by atoms with E-state index >= 15 is 0 Å². The molecule has 0 unspecified atom stereocenters. The summed E-state index contributed by atoms with van der Waals surface area (Å²) >= 11 is 0. The van der Waals surface area contributed by atoms with Crippen LogP contribution in [0.2, 0.25) is 0 Å². The molecule has 0 bridgehead atoms. The Labute approximate surface area is 162 Å². The van der Waals surface area contributed by atoms with Gasteiger partial charge in [-0.15, -0.1) is 0 Å². The van der Waals surface area contributed by atoms with Gasteiger partial charge in [0.2, 0.25) is 0 Å². The Morgan fingerprint density at radius 2 is 1.86 bits per heavy atom. The van der Waals surface area contributed by atoms with E-state index in [0.29, 0.717) is 11.3 Å². The predicted octanol–water partition coefficient (Wildman–Crippen LogP) is 2.87. The fraction of sp³-hybridized carbons (Fsp3) is 0.211. The van der Waals surface area contributed by atoms with Crippen LogP contribution < -0.4 is 10.4 Å². The van der Waals surface area contributed by atoms with E-state index in [9.17, 15) is 22.8 Å². The van der Waals surface area contributed by atoms with Gasteiger partial charge in [0.25, 0.3) is 0 Å². The number of aryl methyl sites for hydroxylation is 1. The average Bonchev–Trinajstić information content (AvgIpc) is 3.01. The lowest BCUT2D eigenvalue weighted by Gasteiger charge is -2.09. The number of rotatable bonds is 6. The summed E-state index contributed by atoms with van der Waals surface area (Å²) in [5, 5.41) is 12.7. The number of carboxylic acids is 1. The van der Waals surface area contributed by atoms with E-state index in [4.69, 9.17) is 9.84 Å². The Balaban J connectivity index is 1.79. The molecule has 0 amide bonds. The van der Waals surface area contributed by atoms with Gasteiger partial charge in [0.1, 0.15) is 12.1 Å². The normalized spacial score (nSPS) is 11.4. The van der Waals surface area contributed by atoms with Crippen LogP contribution in [0.4, 0.5) is 13.2 Å². The molecule has 0 spiro atoms. The molecule has 0 aliphatic heterocycles. The standard InChI is InChI=1S/C19H16F3N3O4/c1-12-8-13(2-7-16(12)29-10-17(26)27)9-25-18(28)24(11-23-25)15-5-3-14(4-6-15)19(20,21)22/h2-8,11H,9-10H2,1H3,(H,26,27). The van der Waals surface area contributed by atoms with Crippen molar-refractivity contribution >= 4 is 5.97 Å². The first kappa shape index (κ1) is 20.2. The highest BCUT2D eigenvalue weighted by atomic mass is 19.4. The topological polar surface area (TPSA) is 86.4 Å². The van der Waals surface area contributed by atoms with E-state index in [1.807, 2.05) is 0 Å². The fourth-order valence-electron chi connectivity index (χ4n) is 2.72. The van der Waals surface area contributed by atoms with Crippen LogP contribution in [0.5, 0.6) is 5.75 Å². The summed E-state index contributed by atoms with van der Waals surface area (Å²) in [5.74, 6) is -0.674. The molecule has 7 nitrogen and oxygen atoms in total. The number of alkyl halides is 3. The van der Waals surface area contributed by atoms with Crippen LogP contribution in [0.25, 0.3) is 5.69 Å². The molecule has 0 saturated heterocycles. The molecule has 0 aliphatic carbocycles. The molecule has 1 N–H and O–H groups in total. The van der Waals surface area contributed by atoms with Crippen LogP contribution in [0.3, 0.4) is 0 Å². The lowest BCUT2D eigenvalue weighted by molar-refractivity contribution is -0.139. The molecular formula is C19H16F3N3O4. The van der Waals surface area contributed by atoms with Gasteiger partial charge in [-0.3, -0.25) is 0 Å². The number of carboxylic acid groups (broad SMARTS) is 1. The third kappa shape index (κ3) is 4.65. The van der Waals surface area contributed by atoms with Crippen LogP contribution in [0.15, 0.2) is 53.6 Å². The van der Waals surface area contributed by atoms with Crippen LogP contribution in [0, 0.1) is 6.92 Å². The van der Waals surface area contributed by atoms with E-state index in [1.54, 1.807) is 25.1 Å². The summed E-state index contributed by atoms with van der Waals surface area (Å²) in [4.78, 5) is 23.1. The number of aromatic nitrogens is 3. The molecule has 29 heavy (non-hydrogen) atoms. The van der Waals surface area contributed by atoms with Gasteiger partial charge in [-0.25, -0.2) is 18.8 Å². The summed E-state index contributed by atoms with van der Waals surface area (Å²) < 4.78 is 45.5. The van der Waals surface area contributed by atoms with Gasteiger partial charge in [-0.05, 0) is 48.4 Å². The first-order valence-electron chi connectivity index (χ1n) is 8.41. The minimum atomic E-state index is -4.45. The molecule has 3 aromatic rings. The van der Waals surface area contributed by atoms with Crippen molar-refractivity contribution in [2.24, 2.45) is 0 Å². The van der Waals surface area contributed by atoms with Gasteiger partial charge in [0.15, 0.2) is 6.61 Å². The third-order valence-corrected chi connectivity index (χ3v) is 4.13. The third-order valence-electron chi connectivity index (χ3n) is 4.13. The first-order chi connectivity index (χ1) is 13.6.